The van der Waals surface area contributed by atoms with Crippen molar-refractivity contribution < 1.29 is 4.79 Å². The van der Waals surface area contributed by atoms with Crippen LogP contribution >= 0.6 is 0 Å². The van der Waals surface area contributed by atoms with Crippen LogP contribution in [0.25, 0.3) is 16.9 Å². The smallest absolute Gasteiger partial charge is 0.252 e. The van der Waals surface area contributed by atoms with Crippen molar-refractivity contribution in [1.29, 1.82) is 0 Å². The number of likely N-dealkylation sites (N-methyl/N-ethyl adjacent to an activating group) is 1. The van der Waals surface area contributed by atoms with E-state index in [0.717, 1.165) is 67.9 Å². The second-order valence-electron chi connectivity index (χ2n) is 10.3. The van der Waals surface area contributed by atoms with Gasteiger partial charge in [-0.15, -0.1) is 0 Å². The van der Waals surface area contributed by atoms with E-state index in [1.807, 2.05) is 31.2 Å². The van der Waals surface area contributed by atoms with Crippen LogP contribution in [0.5, 0.6) is 0 Å². The molecular weight excluding hydrogens is 462 g/mol. The quantitative estimate of drug-likeness (QED) is 0.421. The van der Waals surface area contributed by atoms with Crippen molar-refractivity contribution in [2.75, 3.05) is 33.2 Å². The first-order valence-electron chi connectivity index (χ1n) is 13.1. The van der Waals surface area contributed by atoms with Crippen LogP contribution in [-0.4, -0.2) is 68.7 Å². The van der Waals surface area contributed by atoms with E-state index >= 15 is 0 Å². The number of fused-ring (bicyclic) bond motifs is 1. The fraction of sp³-hybridized carbons (Fsp3) is 0.379. The molecule has 0 atom stereocenters. The Bertz CT molecular complexity index is 1400. The molecule has 1 saturated carbocycles. The molecule has 4 aromatic rings. The topological polar surface area (TPSA) is 79.2 Å². The van der Waals surface area contributed by atoms with Gasteiger partial charge in [-0.05, 0) is 56.1 Å². The molecule has 1 N–H and O–H groups in total. The summed E-state index contributed by atoms with van der Waals surface area (Å²) >= 11 is 0. The zero-order valence-corrected chi connectivity index (χ0v) is 21.5. The molecule has 2 aliphatic rings. The largest absolute Gasteiger partial charge is 0.348 e. The minimum atomic E-state index is -0.0977. The number of carbonyl (C=O) groups excluding carboxylic acids is 1. The molecule has 1 aliphatic carbocycles. The Morgan fingerprint density at radius 3 is 2.49 bits per heavy atom. The van der Waals surface area contributed by atoms with Crippen molar-refractivity contribution in [1.82, 2.24) is 34.9 Å². The molecule has 3 aromatic heterocycles. The lowest BCUT2D eigenvalue weighted by Crippen LogP contribution is -2.43. The molecule has 1 saturated heterocycles. The molecule has 2 fully saturated rings. The number of aromatic nitrogens is 4. The number of nitrogens with zero attached hydrogens (tertiary/aromatic N) is 6. The first-order chi connectivity index (χ1) is 18.0. The molecule has 1 amide bonds. The number of carbonyl (C=O) groups is 1. The molecule has 6 rings (SSSR count). The number of hydrogen-bond donors (Lipinski definition) is 1. The van der Waals surface area contributed by atoms with Gasteiger partial charge in [0.15, 0.2) is 11.5 Å². The van der Waals surface area contributed by atoms with Crippen LogP contribution < -0.4 is 5.32 Å². The molecule has 4 heterocycles. The maximum Gasteiger partial charge on any atom is 0.252 e. The Kier molecular flexibility index (Phi) is 6.44. The molecule has 1 aromatic carbocycles. The number of aryl methyl sites for hydroxylation is 1. The Labute approximate surface area is 217 Å². The highest BCUT2D eigenvalue weighted by Gasteiger charge is 2.29. The number of piperazine rings is 1. The van der Waals surface area contributed by atoms with Gasteiger partial charge in [-0.2, -0.15) is 9.78 Å². The molecular formula is C29H33N7O. The number of nitrogens with one attached hydrogen (secondary N) is 1. The van der Waals surface area contributed by atoms with Crippen molar-refractivity contribution in [3.63, 3.8) is 0 Å². The van der Waals surface area contributed by atoms with Crippen LogP contribution in [0.1, 0.15) is 51.6 Å². The lowest BCUT2D eigenvalue weighted by Gasteiger charge is -2.32. The highest BCUT2D eigenvalue weighted by molar-refractivity contribution is 6.06. The zero-order valence-electron chi connectivity index (χ0n) is 21.5. The van der Waals surface area contributed by atoms with Crippen molar-refractivity contribution in [3.05, 3.63) is 82.8 Å². The van der Waals surface area contributed by atoms with Crippen molar-refractivity contribution in [2.45, 2.75) is 38.8 Å². The van der Waals surface area contributed by atoms with Crippen molar-refractivity contribution >= 4 is 16.9 Å². The molecule has 37 heavy (non-hydrogen) atoms. The van der Waals surface area contributed by atoms with E-state index in [-0.39, 0.29) is 5.91 Å². The van der Waals surface area contributed by atoms with E-state index in [1.54, 1.807) is 10.9 Å². The van der Waals surface area contributed by atoms with Crippen LogP contribution in [0.15, 0.2) is 54.7 Å². The lowest BCUT2D eigenvalue weighted by atomic mass is 10.1. The fourth-order valence-electron chi connectivity index (χ4n) is 5.02. The molecule has 0 radical (unpaired) electrons. The minimum absolute atomic E-state index is 0.0977. The summed E-state index contributed by atoms with van der Waals surface area (Å²) < 4.78 is 1.76. The molecule has 0 unspecified atom stereocenters. The van der Waals surface area contributed by atoms with Crippen LogP contribution in [0, 0.1) is 6.92 Å². The number of amides is 1. The van der Waals surface area contributed by atoms with E-state index < -0.39 is 0 Å². The van der Waals surface area contributed by atoms with Gasteiger partial charge in [0.05, 0.1) is 16.6 Å². The summed E-state index contributed by atoms with van der Waals surface area (Å²) in [4.78, 5) is 27.7. The van der Waals surface area contributed by atoms with Gasteiger partial charge in [0.2, 0.25) is 0 Å². The third kappa shape index (κ3) is 5.12. The molecule has 8 heteroatoms. The summed E-state index contributed by atoms with van der Waals surface area (Å²) in [5.74, 6) is 1.01. The second-order valence-corrected chi connectivity index (χ2v) is 10.3. The third-order valence-electron chi connectivity index (χ3n) is 7.42. The predicted molar refractivity (Wildman–Crippen MR) is 144 cm³/mol. The number of hydrogen-bond acceptors (Lipinski definition) is 6. The van der Waals surface area contributed by atoms with Crippen LogP contribution in [-0.2, 0) is 13.1 Å². The van der Waals surface area contributed by atoms with Gasteiger partial charge in [-0.3, -0.25) is 9.69 Å². The maximum atomic E-state index is 13.5. The summed E-state index contributed by atoms with van der Waals surface area (Å²) in [5.41, 5.74) is 5.46. The third-order valence-corrected chi connectivity index (χ3v) is 7.42. The summed E-state index contributed by atoms with van der Waals surface area (Å²) in [6.07, 6.45) is 3.96. The minimum Gasteiger partial charge on any atom is -0.348 e. The van der Waals surface area contributed by atoms with Gasteiger partial charge in [0, 0.05) is 57.1 Å². The number of benzene rings is 1. The Hall–Kier alpha value is -3.62. The Balaban J connectivity index is 1.20. The van der Waals surface area contributed by atoms with Gasteiger partial charge in [0.25, 0.3) is 5.91 Å². The standard InChI is InChI=1S/C29H33N7O/c1-20-27-24(17-25(23-10-11-23)32-28(27)36(33-20)26-5-3-4-12-30-26)29(37)31-18-21-6-8-22(9-7-21)19-35-15-13-34(2)14-16-35/h3-9,12,17,23H,10-11,13-16,18-19H2,1-2H3,(H,31,37). The Morgan fingerprint density at radius 2 is 1.78 bits per heavy atom. The van der Waals surface area contributed by atoms with E-state index in [1.165, 1.54) is 5.56 Å². The van der Waals surface area contributed by atoms with Crippen LogP contribution in [0.2, 0.25) is 0 Å². The average molecular weight is 496 g/mol. The van der Waals surface area contributed by atoms with Gasteiger partial charge in [-0.1, -0.05) is 30.3 Å². The van der Waals surface area contributed by atoms with E-state index in [0.29, 0.717) is 29.5 Å². The number of rotatable bonds is 7. The first kappa shape index (κ1) is 23.8. The van der Waals surface area contributed by atoms with E-state index in [4.69, 9.17) is 10.1 Å². The summed E-state index contributed by atoms with van der Waals surface area (Å²) in [6, 6.07) is 16.3. The summed E-state index contributed by atoms with van der Waals surface area (Å²) in [6.45, 7) is 7.82. The van der Waals surface area contributed by atoms with E-state index in [2.05, 4.69) is 51.4 Å². The first-order valence-corrected chi connectivity index (χ1v) is 13.1. The normalized spacial score (nSPS) is 16.8. The van der Waals surface area contributed by atoms with Gasteiger partial charge >= 0.3 is 0 Å². The predicted octanol–water partition coefficient (Wildman–Crippen LogP) is 3.68. The van der Waals surface area contributed by atoms with Crippen molar-refractivity contribution in [3.8, 4) is 5.82 Å². The SMILES string of the molecule is Cc1nn(-c2ccccn2)c2nc(C3CC3)cc(C(=O)NCc3ccc(CN4CCN(C)CC4)cc3)c12. The number of pyridine rings is 2. The summed E-state index contributed by atoms with van der Waals surface area (Å²) in [7, 11) is 2.18. The van der Waals surface area contributed by atoms with Crippen LogP contribution in [0.4, 0.5) is 0 Å². The van der Waals surface area contributed by atoms with Gasteiger partial charge in [-0.25, -0.2) is 9.97 Å². The Morgan fingerprint density at radius 1 is 1.03 bits per heavy atom. The molecule has 0 bridgehead atoms. The van der Waals surface area contributed by atoms with Crippen molar-refractivity contribution in [2.24, 2.45) is 0 Å². The van der Waals surface area contributed by atoms with Crippen LogP contribution in [0.3, 0.4) is 0 Å². The summed E-state index contributed by atoms with van der Waals surface area (Å²) in [5, 5.41) is 8.64. The highest BCUT2D eigenvalue weighted by atomic mass is 16.1. The molecule has 190 valence electrons. The van der Waals surface area contributed by atoms with Gasteiger partial charge < -0.3 is 10.2 Å². The van der Waals surface area contributed by atoms with E-state index in [9.17, 15) is 4.79 Å². The highest BCUT2D eigenvalue weighted by Crippen LogP contribution is 2.40. The zero-order chi connectivity index (χ0) is 25.4. The average Bonchev–Trinajstić information content (AvgIpc) is 3.73. The fourth-order valence-corrected chi connectivity index (χ4v) is 5.02. The molecule has 1 aliphatic heterocycles. The maximum absolute atomic E-state index is 13.5. The lowest BCUT2D eigenvalue weighted by molar-refractivity contribution is 0.0952. The molecule has 8 nitrogen and oxygen atoms in total. The van der Waals surface area contributed by atoms with Gasteiger partial charge in [0.1, 0.15) is 0 Å². The monoisotopic (exact) mass is 495 g/mol. The second kappa shape index (κ2) is 10.0. The molecule has 0 spiro atoms.